The van der Waals surface area contributed by atoms with Crippen LogP contribution < -0.4 is 19.3 Å². The van der Waals surface area contributed by atoms with Gasteiger partial charge in [-0.25, -0.2) is 9.78 Å². The molecule has 2 fully saturated rings. The lowest BCUT2D eigenvalue weighted by atomic mass is 10.1. The van der Waals surface area contributed by atoms with E-state index in [1.165, 1.54) is 24.1 Å². The highest BCUT2D eigenvalue weighted by molar-refractivity contribution is 5.90. The summed E-state index contributed by atoms with van der Waals surface area (Å²) in [5.41, 5.74) is 1.72. The molecule has 5 rings (SSSR count). The molecule has 37 heavy (non-hydrogen) atoms. The van der Waals surface area contributed by atoms with Crippen LogP contribution >= 0.6 is 0 Å². The third-order valence-corrected chi connectivity index (χ3v) is 6.60. The fraction of sp³-hybridized carbons (Fsp3) is 0.400. The Hall–Kier alpha value is -3.80. The molecule has 2 aliphatic rings. The Balaban J connectivity index is 1.22. The number of hydrogen-bond donors (Lipinski definition) is 0. The number of piperazine rings is 1. The number of alkyl halides is 3. The first kappa shape index (κ1) is 24.9. The van der Waals surface area contributed by atoms with Crippen LogP contribution in [0.1, 0.15) is 5.56 Å². The van der Waals surface area contributed by atoms with Gasteiger partial charge in [-0.05, 0) is 30.3 Å². The molecule has 196 valence electrons. The zero-order chi connectivity index (χ0) is 26.2. The minimum Gasteiger partial charge on any atom is -0.496 e. The van der Waals surface area contributed by atoms with Gasteiger partial charge in [0.25, 0.3) is 0 Å². The lowest BCUT2D eigenvalue weighted by Crippen LogP contribution is -2.49. The largest absolute Gasteiger partial charge is 0.496 e. The summed E-state index contributed by atoms with van der Waals surface area (Å²) in [7, 11) is 2.75. The second-order valence-electron chi connectivity index (χ2n) is 8.84. The Bertz CT molecular complexity index is 1300. The van der Waals surface area contributed by atoms with Gasteiger partial charge in [-0.1, -0.05) is 0 Å². The molecule has 2 aliphatic heterocycles. The summed E-state index contributed by atoms with van der Waals surface area (Å²) in [4.78, 5) is 27.1. The average Bonchev–Trinajstić information content (AvgIpc) is 3.27. The van der Waals surface area contributed by atoms with E-state index in [-0.39, 0.29) is 18.0 Å². The van der Waals surface area contributed by atoms with E-state index in [9.17, 15) is 18.0 Å². The average molecular weight is 518 g/mol. The number of pyridine rings is 2. The molecule has 0 N–H and O–H groups in total. The number of rotatable bonds is 6. The van der Waals surface area contributed by atoms with E-state index in [0.29, 0.717) is 12.4 Å². The summed E-state index contributed by atoms with van der Waals surface area (Å²) >= 11 is 0. The van der Waals surface area contributed by atoms with Crippen LogP contribution in [0.2, 0.25) is 0 Å². The van der Waals surface area contributed by atoms with Gasteiger partial charge in [-0.15, -0.1) is 0 Å². The summed E-state index contributed by atoms with van der Waals surface area (Å²) < 4.78 is 55.9. The molecule has 9 nitrogen and oxygen atoms in total. The van der Waals surface area contributed by atoms with E-state index in [2.05, 4.69) is 19.8 Å². The van der Waals surface area contributed by atoms with Crippen molar-refractivity contribution in [1.82, 2.24) is 14.9 Å². The van der Waals surface area contributed by atoms with Crippen molar-refractivity contribution in [3.05, 3.63) is 48.2 Å². The Labute approximate surface area is 211 Å². The number of halogens is 3. The Morgan fingerprint density at radius 2 is 1.84 bits per heavy atom. The van der Waals surface area contributed by atoms with Crippen LogP contribution in [0.4, 0.5) is 29.3 Å². The molecular weight excluding hydrogens is 491 g/mol. The molecule has 12 heteroatoms. The molecule has 0 spiro atoms. The summed E-state index contributed by atoms with van der Waals surface area (Å²) in [6, 6.07) is 9.15. The molecule has 1 amide bonds. The van der Waals surface area contributed by atoms with Crippen molar-refractivity contribution in [2.75, 3.05) is 63.3 Å². The van der Waals surface area contributed by atoms with Gasteiger partial charge in [0.05, 0.1) is 37.5 Å². The first-order valence-corrected chi connectivity index (χ1v) is 11.8. The zero-order valence-corrected chi connectivity index (χ0v) is 20.4. The van der Waals surface area contributed by atoms with Crippen molar-refractivity contribution in [3.8, 4) is 11.6 Å². The maximum absolute atomic E-state index is 13.4. The lowest BCUT2D eigenvalue weighted by Gasteiger charge is -2.36. The van der Waals surface area contributed by atoms with E-state index in [1.807, 2.05) is 12.1 Å². The molecule has 4 heterocycles. The summed E-state index contributed by atoms with van der Waals surface area (Å²) in [6.07, 6.45) is -3.97. The minimum atomic E-state index is -4.61. The molecule has 1 aromatic carbocycles. The van der Waals surface area contributed by atoms with Gasteiger partial charge < -0.3 is 19.1 Å². The highest BCUT2D eigenvalue weighted by atomic mass is 19.4. The quantitative estimate of drug-likeness (QED) is 0.489. The van der Waals surface area contributed by atoms with Gasteiger partial charge in [0, 0.05) is 50.7 Å². The summed E-state index contributed by atoms with van der Waals surface area (Å²) in [6.45, 7) is 3.57. The van der Waals surface area contributed by atoms with E-state index in [4.69, 9.17) is 14.2 Å². The van der Waals surface area contributed by atoms with Gasteiger partial charge in [0.2, 0.25) is 5.88 Å². The van der Waals surface area contributed by atoms with Gasteiger partial charge >= 0.3 is 12.3 Å². The summed E-state index contributed by atoms with van der Waals surface area (Å²) in [5, 5.41) is 0. The number of cyclic esters (lactones) is 1. The lowest BCUT2D eigenvalue weighted by molar-refractivity contribution is -0.138. The zero-order valence-electron chi connectivity index (χ0n) is 20.4. The smallest absolute Gasteiger partial charge is 0.420 e. The molecule has 0 aliphatic carbocycles. The topological polar surface area (TPSA) is 80.3 Å². The maximum atomic E-state index is 13.4. The van der Waals surface area contributed by atoms with Crippen molar-refractivity contribution < 1.29 is 32.2 Å². The number of hydrogen-bond acceptors (Lipinski definition) is 8. The first-order chi connectivity index (χ1) is 17.8. The van der Waals surface area contributed by atoms with Crippen molar-refractivity contribution in [2.24, 2.45) is 0 Å². The highest BCUT2D eigenvalue weighted by Gasteiger charge is 2.38. The fourth-order valence-electron chi connectivity index (χ4n) is 4.73. The van der Waals surface area contributed by atoms with Gasteiger partial charge in [0.1, 0.15) is 17.4 Å². The van der Waals surface area contributed by atoms with Crippen molar-refractivity contribution in [1.29, 1.82) is 0 Å². The second kappa shape index (κ2) is 9.92. The maximum Gasteiger partial charge on any atom is 0.420 e. The number of aromatic nitrogens is 2. The normalized spacial score (nSPS) is 18.8. The number of carbonyl (C=O) groups excluding carboxylic acids is 1. The molecule has 3 aromatic rings. The summed E-state index contributed by atoms with van der Waals surface area (Å²) in [5.74, 6) is 0.223. The number of ether oxygens (including phenoxy) is 3. The predicted molar refractivity (Wildman–Crippen MR) is 130 cm³/mol. The third-order valence-electron chi connectivity index (χ3n) is 6.60. The molecule has 0 unspecified atom stereocenters. The van der Waals surface area contributed by atoms with Gasteiger partial charge in [0.15, 0.2) is 0 Å². The number of carbonyl (C=O) groups is 1. The monoisotopic (exact) mass is 517 g/mol. The SMILES string of the molecule is COc1ccc2nccc(N3CCN(C[C@@H]4CN(c5ccc(OC)c(C(F)(F)F)c5)C(=O)O4)CC3)c2n1. The third kappa shape index (κ3) is 5.06. The molecular formula is C25H26F3N5O4. The van der Waals surface area contributed by atoms with Crippen LogP contribution in [-0.2, 0) is 10.9 Å². The Morgan fingerprint density at radius 3 is 2.54 bits per heavy atom. The first-order valence-electron chi connectivity index (χ1n) is 11.8. The fourth-order valence-corrected chi connectivity index (χ4v) is 4.73. The van der Waals surface area contributed by atoms with Crippen LogP contribution in [0.3, 0.4) is 0 Å². The van der Waals surface area contributed by atoms with Gasteiger partial charge in [-0.2, -0.15) is 13.2 Å². The second-order valence-corrected chi connectivity index (χ2v) is 8.84. The number of benzene rings is 1. The van der Waals surface area contributed by atoms with Crippen LogP contribution in [0.25, 0.3) is 11.0 Å². The van der Waals surface area contributed by atoms with E-state index in [1.54, 1.807) is 19.4 Å². The molecule has 0 radical (unpaired) electrons. The highest BCUT2D eigenvalue weighted by Crippen LogP contribution is 2.39. The number of methoxy groups -OCH3 is 2. The van der Waals surface area contributed by atoms with Crippen LogP contribution in [0.5, 0.6) is 11.6 Å². The molecule has 2 aromatic heterocycles. The number of amides is 1. The van der Waals surface area contributed by atoms with E-state index < -0.39 is 23.9 Å². The number of fused-ring (bicyclic) bond motifs is 1. The minimum absolute atomic E-state index is 0.123. The van der Waals surface area contributed by atoms with Crippen molar-refractivity contribution in [2.45, 2.75) is 12.3 Å². The molecule has 0 saturated carbocycles. The van der Waals surface area contributed by atoms with Crippen molar-refractivity contribution in [3.63, 3.8) is 0 Å². The molecule has 0 bridgehead atoms. The van der Waals surface area contributed by atoms with Crippen LogP contribution in [-0.4, -0.2) is 80.6 Å². The molecule has 1 atom stereocenters. The number of nitrogens with zero attached hydrogens (tertiary/aromatic N) is 5. The van der Waals surface area contributed by atoms with Gasteiger partial charge in [-0.3, -0.25) is 14.8 Å². The Kier molecular flexibility index (Phi) is 6.67. The van der Waals surface area contributed by atoms with E-state index in [0.717, 1.165) is 49.0 Å². The molecule has 2 saturated heterocycles. The standard InChI is InChI=1S/C25H26F3N5O4/c1-35-21-5-3-16(13-18(21)25(26,27)28)33-15-17(37-24(33)34)14-31-9-11-32(12-10-31)20-7-8-29-19-4-6-22(36-2)30-23(19)20/h3-8,13,17H,9-12,14-15H2,1-2H3/t17-/m1/s1. The van der Waals surface area contributed by atoms with Crippen molar-refractivity contribution >= 4 is 28.5 Å². The Morgan fingerprint density at radius 1 is 1.05 bits per heavy atom. The van der Waals surface area contributed by atoms with Crippen LogP contribution in [0.15, 0.2) is 42.6 Å². The van der Waals surface area contributed by atoms with E-state index >= 15 is 0 Å². The van der Waals surface area contributed by atoms with Crippen LogP contribution in [0, 0.1) is 0 Å². The number of anilines is 2. The predicted octanol–water partition coefficient (Wildman–Crippen LogP) is 3.81.